The third-order valence-electron chi connectivity index (χ3n) is 6.88. The van der Waals surface area contributed by atoms with Crippen LogP contribution in [0.5, 0.6) is 0 Å². The molecule has 1 heterocycles. The first-order valence-corrected chi connectivity index (χ1v) is 11.5. The SMILES string of the molecule is C=CNc1c(C#N)c(C)cc(-c2ccc3c(c2)ncn3C2CCCCC2)c1[C@H](C)CC. The molecule has 1 aliphatic rings. The molecule has 1 N–H and O–H groups in total. The molecule has 1 aliphatic carbocycles. The Hall–Kier alpha value is -3.06. The van der Waals surface area contributed by atoms with Gasteiger partial charge in [-0.1, -0.05) is 45.8 Å². The maximum atomic E-state index is 9.80. The molecule has 4 rings (SSSR count). The van der Waals surface area contributed by atoms with Crippen molar-refractivity contribution in [2.45, 2.75) is 71.3 Å². The third-order valence-corrected chi connectivity index (χ3v) is 6.88. The number of aromatic nitrogens is 2. The molecule has 31 heavy (non-hydrogen) atoms. The quantitative estimate of drug-likeness (QED) is 0.457. The van der Waals surface area contributed by atoms with Gasteiger partial charge in [0, 0.05) is 6.04 Å². The second-order valence-corrected chi connectivity index (χ2v) is 8.82. The largest absolute Gasteiger partial charge is 0.361 e. The molecular formula is C27H32N4. The monoisotopic (exact) mass is 412 g/mol. The van der Waals surface area contributed by atoms with Gasteiger partial charge in [-0.3, -0.25) is 0 Å². The molecule has 0 unspecified atom stereocenters. The number of aryl methyl sites for hydroxylation is 1. The zero-order valence-corrected chi connectivity index (χ0v) is 18.9. The first-order valence-electron chi connectivity index (χ1n) is 11.5. The Balaban J connectivity index is 1.87. The molecule has 0 amide bonds. The first-order chi connectivity index (χ1) is 15.1. The molecule has 4 nitrogen and oxygen atoms in total. The predicted octanol–water partition coefficient (Wildman–Crippen LogP) is 7.46. The van der Waals surface area contributed by atoms with Crippen molar-refractivity contribution in [2.75, 3.05) is 5.32 Å². The number of hydrogen-bond acceptors (Lipinski definition) is 3. The fourth-order valence-electron chi connectivity index (χ4n) is 5.03. The van der Waals surface area contributed by atoms with Crippen molar-refractivity contribution in [3.8, 4) is 17.2 Å². The zero-order valence-electron chi connectivity index (χ0n) is 18.9. The molecule has 0 bridgehead atoms. The zero-order chi connectivity index (χ0) is 22.0. The Morgan fingerprint density at radius 2 is 2.06 bits per heavy atom. The van der Waals surface area contributed by atoms with Gasteiger partial charge >= 0.3 is 0 Å². The smallest absolute Gasteiger partial charge is 0.102 e. The van der Waals surface area contributed by atoms with Crippen molar-refractivity contribution in [2.24, 2.45) is 0 Å². The Morgan fingerprint density at radius 3 is 2.74 bits per heavy atom. The Bertz CT molecular complexity index is 1140. The van der Waals surface area contributed by atoms with Crippen LogP contribution in [0.3, 0.4) is 0 Å². The van der Waals surface area contributed by atoms with E-state index in [2.05, 4.69) is 60.6 Å². The summed E-state index contributed by atoms with van der Waals surface area (Å²) in [7, 11) is 0. The van der Waals surface area contributed by atoms with E-state index in [0.29, 0.717) is 17.5 Å². The molecule has 1 atom stereocenters. The van der Waals surface area contributed by atoms with Crippen molar-refractivity contribution in [3.05, 3.63) is 60.1 Å². The van der Waals surface area contributed by atoms with E-state index in [1.807, 2.05) is 13.3 Å². The molecule has 4 heteroatoms. The summed E-state index contributed by atoms with van der Waals surface area (Å²) in [6.45, 7) is 10.3. The number of anilines is 1. The van der Waals surface area contributed by atoms with Crippen LogP contribution in [-0.4, -0.2) is 9.55 Å². The topological polar surface area (TPSA) is 53.6 Å². The van der Waals surface area contributed by atoms with E-state index in [9.17, 15) is 5.26 Å². The van der Waals surface area contributed by atoms with Crippen LogP contribution >= 0.6 is 0 Å². The summed E-state index contributed by atoms with van der Waals surface area (Å²) in [5.41, 5.74) is 8.31. The second kappa shape index (κ2) is 8.98. The summed E-state index contributed by atoms with van der Waals surface area (Å²) in [5, 5.41) is 13.1. The lowest BCUT2D eigenvalue weighted by Gasteiger charge is -2.24. The van der Waals surface area contributed by atoms with Crippen molar-refractivity contribution in [3.63, 3.8) is 0 Å². The molecule has 1 fully saturated rings. The molecule has 3 aromatic rings. The molecule has 0 saturated heterocycles. The minimum Gasteiger partial charge on any atom is -0.361 e. The summed E-state index contributed by atoms with van der Waals surface area (Å²) in [6, 6.07) is 11.8. The summed E-state index contributed by atoms with van der Waals surface area (Å²) >= 11 is 0. The van der Waals surface area contributed by atoms with Crippen molar-refractivity contribution in [1.29, 1.82) is 5.26 Å². The average molecular weight is 413 g/mol. The van der Waals surface area contributed by atoms with E-state index in [1.165, 1.54) is 48.7 Å². The Morgan fingerprint density at radius 1 is 1.29 bits per heavy atom. The fraction of sp³-hybridized carbons (Fsp3) is 0.407. The number of fused-ring (bicyclic) bond motifs is 1. The van der Waals surface area contributed by atoms with Gasteiger partial charge in [0.25, 0.3) is 0 Å². The highest BCUT2D eigenvalue weighted by Gasteiger charge is 2.22. The van der Waals surface area contributed by atoms with Gasteiger partial charge in [0.05, 0.1) is 28.6 Å². The lowest BCUT2D eigenvalue weighted by molar-refractivity contribution is 0.359. The Kier molecular flexibility index (Phi) is 6.13. The van der Waals surface area contributed by atoms with Crippen LogP contribution < -0.4 is 5.32 Å². The normalized spacial score (nSPS) is 15.5. The molecule has 0 aliphatic heterocycles. The van der Waals surface area contributed by atoms with Crippen LogP contribution in [0.15, 0.2) is 43.4 Å². The highest BCUT2D eigenvalue weighted by Crippen LogP contribution is 2.41. The fourth-order valence-corrected chi connectivity index (χ4v) is 5.03. The molecule has 0 spiro atoms. The predicted molar refractivity (Wildman–Crippen MR) is 129 cm³/mol. The van der Waals surface area contributed by atoms with E-state index < -0.39 is 0 Å². The number of nitriles is 1. The van der Waals surface area contributed by atoms with Crippen LogP contribution in [-0.2, 0) is 0 Å². The number of nitrogens with zero attached hydrogens (tertiary/aromatic N) is 3. The second-order valence-electron chi connectivity index (χ2n) is 8.82. The van der Waals surface area contributed by atoms with Gasteiger partial charge in [-0.05, 0) is 78.8 Å². The van der Waals surface area contributed by atoms with E-state index in [4.69, 9.17) is 4.98 Å². The van der Waals surface area contributed by atoms with E-state index in [-0.39, 0.29) is 0 Å². The van der Waals surface area contributed by atoms with Gasteiger partial charge < -0.3 is 9.88 Å². The highest BCUT2D eigenvalue weighted by atomic mass is 15.1. The van der Waals surface area contributed by atoms with Crippen molar-refractivity contribution in [1.82, 2.24) is 9.55 Å². The standard InChI is InChI=1S/C27H32N4/c1-5-18(3)26-22(14-19(4)23(16-28)27(26)29-6-2)20-12-13-25-24(15-20)30-17-31(25)21-10-8-7-9-11-21/h6,12-15,17-18,21,29H,2,5,7-11H2,1,3-4H3/t18-/m1/s1. The lowest BCUT2D eigenvalue weighted by Crippen LogP contribution is -2.11. The molecule has 2 aromatic carbocycles. The van der Waals surface area contributed by atoms with Crippen LogP contribution in [0.25, 0.3) is 22.2 Å². The van der Waals surface area contributed by atoms with Gasteiger partial charge in [-0.15, -0.1) is 0 Å². The van der Waals surface area contributed by atoms with E-state index in [0.717, 1.165) is 28.8 Å². The average Bonchev–Trinajstić information content (AvgIpc) is 3.22. The molecule has 0 radical (unpaired) electrons. The Labute approximate surface area is 185 Å². The molecule has 160 valence electrons. The van der Waals surface area contributed by atoms with Gasteiger partial charge in [-0.25, -0.2) is 4.98 Å². The third kappa shape index (κ3) is 3.85. The van der Waals surface area contributed by atoms with E-state index >= 15 is 0 Å². The van der Waals surface area contributed by atoms with Gasteiger partial charge in [0.2, 0.25) is 0 Å². The van der Waals surface area contributed by atoms with Crippen molar-refractivity contribution < 1.29 is 0 Å². The summed E-state index contributed by atoms with van der Waals surface area (Å²) in [4.78, 5) is 4.77. The summed E-state index contributed by atoms with van der Waals surface area (Å²) < 4.78 is 2.38. The molecular weight excluding hydrogens is 380 g/mol. The van der Waals surface area contributed by atoms with Gasteiger partial charge in [0.15, 0.2) is 0 Å². The lowest BCUT2D eigenvalue weighted by atomic mass is 9.85. The minimum absolute atomic E-state index is 0.306. The number of imidazole rings is 1. The maximum Gasteiger partial charge on any atom is 0.102 e. The highest BCUT2D eigenvalue weighted by molar-refractivity contribution is 5.86. The van der Waals surface area contributed by atoms with Gasteiger partial charge in [-0.2, -0.15) is 5.26 Å². The van der Waals surface area contributed by atoms with E-state index in [1.54, 1.807) is 6.20 Å². The van der Waals surface area contributed by atoms with Gasteiger partial charge in [0.1, 0.15) is 6.07 Å². The molecule has 1 saturated carbocycles. The number of benzene rings is 2. The first kappa shape index (κ1) is 21.2. The number of nitrogens with one attached hydrogen (secondary N) is 1. The number of hydrogen-bond donors (Lipinski definition) is 1. The minimum atomic E-state index is 0.306. The summed E-state index contributed by atoms with van der Waals surface area (Å²) in [6.07, 6.45) is 11.1. The van der Waals surface area contributed by atoms with Crippen LogP contribution in [0, 0.1) is 18.3 Å². The maximum absolute atomic E-state index is 9.80. The van der Waals surface area contributed by atoms with Crippen LogP contribution in [0.2, 0.25) is 0 Å². The summed E-state index contributed by atoms with van der Waals surface area (Å²) in [5.74, 6) is 0.306. The van der Waals surface area contributed by atoms with Crippen molar-refractivity contribution >= 4 is 16.7 Å². The molecule has 1 aromatic heterocycles. The van der Waals surface area contributed by atoms with Crippen LogP contribution in [0.4, 0.5) is 5.69 Å². The van der Waals surface area contributed by atoms with Crippen LogP contribution in [0.1, 0.15) is 81.0 Å². The number of rotatable bonds is 6.